The fourth-order valence-electron chi connectivity index (χ4n) is 2.98. The quantitative estimate of drug-likeness (QED) is 0.511. The smallest absolute Gasteiger partial charge is 0.412 e. The van der Waals surface area contributed by atoms with Crippen LogP contribution in [0.5, 0.6) is 0 Å². The van der Waals surface area contributed by atoms with Gasteiger partial charge in [0.2, 0.25) is 10.0 Å². The number of rotatable bonds is 5. The van der Waals surface area contributed by atoms with Crippen molar-refractivity contribution in [3.8, 4) is 0 Å². The summed E-state index contributed by atoms with van der Waals surface area (Å²) >= 11 is 0. The molecule has 0 saturated carbocycles. The van der Waals surface area contributed by atoms with Crippen molar-refractivity contribution in [3.63, 3.8) is 0 Å². The molecule has 0 unspecified atom stereocenters. The number of ether oxygens (including phenoxy) is 1. The molecule has 0 aliphatic rings. The Bertz CT molecular complexity index is 1260. The lowest BCUT2D eigenvalue weighted by Crippen LogP contribution is -2.28. The second-order valence-corrected chi connectivity index (χ2v) is 10.0. The van der Waals surface area contributed by atoms with Gasteiger partial charge in [0.1, 0.15) is 5.60 Å². The molecule has 0 aromatic heterocycles. The average molecular weight is 456 g/mol. The normalized spacial score (nSPS) is 11.6. The first-order chi connectivity index (χ1) is 14.9. The van der Waals surface area contributed by atoms with Gasteiger partial charge in [-0.1, -0.05) is 24.3 Å². The van der Waals surface area contributed by atoms with Gasteiger partial charge in [-0.3, -0.25) is 14.8 Å². The molecule has 3 N–H and O–H groups in total. The van der Waals surface area contributed by atoms with Crippen LogP contribution in [0.2, 0.25) is 0 Å². The Morgan fingerprint density at radius 2 is 1.41 bits per heavy atom. The summed E-state index contributed by atoms with van der Waals surface area (Å²) < 4.78 is 30.4. The minimum atomic E-state index is -3.40. The van der Waals surface area contributed by atoms with Gasteiger partial charge in [0.25, 0.3) is 5.91 Å². The summed E-state index contributed by atoms with van der Waals surface area (Å²) in [4.78, 5) is 25.4. The van der Waals surface area contributed by atoms with Gasteiger partial charge in [-0.15, -0.1) is 0 Å². The van der Waals surface area contributed by atoms with Crippen LogP contribution in [0.1, 0.15) is 31.1 Å². The van der Waals surface area contributed by atoms with Crippen LogP contribution in [0.3, 0.4) is 0 Å². The number of carbonyl (C=O) groups excluding carboxylic acids is 2. The summed E-state index contributed by atoms with van der Waals surface area (Å²) in [6, 6.07) is 17.1. The molecule has 0 fully saturated rings. The van der Waals surface area contributed by atoms with Gasteiger partial charge >= 0.3 is 6.09 Å². The van der Waals surface area contributed by atoms with Crippen LogP contribution in [-0.2, 0) is 14.8 Å². The third kappa shape index (κ3) is 6.45. The number of hydrogen-bond acceptors (Lipinski definition) is 5. The zero-order valence-electron chi connectivity index (χ0n) is 18.2. The van der Waals surface area contributed by atoms with E-state index in [0.717, 1.165) is 17.0 Å². The number of benzene rings is 3. The molecule has 0 atom stereocenters. The van der Waals surface area contributed by atoms with Crippen LogP contribution in [0.25, 0.3) is 10.8 Å². The third-order valence-electron chi connectivity index (χ3n) is 4.21. The first kappa shape index (κ1) is 23.1. The lowest BCUT2D eigenvalue weighted by atomic mass is 10.0. The second kappa shape index (κ2) is 8.88. The maximum atomic E-state index is 13.0. The van der Waals surface area contributed by atoms with Gasteiger partial charge in [-0.2, -0.15) is 0 Å². The topological polar surface area (TPSA) is 114 Å². The summed E-state index contributed by atoms with van der Waals surface area (Å²) in [5, 5.41) is 7.12. The minimum absolute atomic E-state index is 0.257. The van der Waals surface area contributed by atoms with E-state index in [-0.39, 0.29) is 5.56 Å². The summed E-state index contributed by atoms with van der Waals surface area (Å²) in [7, 11) is -3.40. The number of anilines is 3. The van der Waals surface area contributed by atoms with Crippen LogP contribution < -0.4 is 15.4 Å². The van der Waals surface area contributed by atoms with E-state index in [1.807, 2.05) is 24.3 Å². The minimum Gasteiger partial charge on any atom is -0.444 e. The monoisotopic (exact) mass is 455 g/mol. The number of sulfonamides is 1. The fraction of sp³-hybridized carbons (Fsp3) is 0.217. The summed E-state index contributed by atoms with van der Waals surface area (Å²) in [5.41, 5.74) is 0.720. The van der Waals surface area contributed by atoms with Crippen LogP contribution >= 0.6 is 0 Å². The molecule has 32 heavy (non-hydrogen) atoms. The standard InChI is InChI=1S/C23H25N3O5S/c1-23(2,3)31-22(28)25-20-14-16-8-6-5-7-15(16)13-19(20)21(27)24-17-9-11-18(12-10-17)26-32(4,29)30/h5-14,26H,1-4H3,(H,24,27)(H,25,28). The molecule has 0 aliphatic heterocycles. The van der Waals surface area contributed by atoms with Crippen molar-refractivity contribution in [2.45, 2.75) is 26.4 Å². The van der Waals surface area contributed by atoms with Gasteiger partial charge in [0.15, 0.2) is 0 Å². The molecule has 3 rings (SSSR count). The van der Waals surface area contributed by atoms with Crippen molar-refractivity contribution >= 4 is 49.9 Å². The van der Waals surface area contributed by atoms with Crippen LogP contribution in [-0.4, -0.2) is 32.3 Å². The maximum absolute atomic E-state index is 13.0. The first-order valence-corrected chi connectivity index (χ1v) is 11.7. The van der Waals surface area contributed by atoms with Crippen LogP contribution in [0, 0.1) is 0 Å². The van der Waals surface area contributed by atoms with E-state index in [1.165, 1.54) is 12.1 Å². The largest absolute Gasteiger partial charge is 0.444 e. The summed E-state index contributed by atoms with van der Waals surface area (Å²) in [6.45, 7) is 5.26. The molecule has 0 radical (unpaired) electrons. The fourth-order valence-corrected chi connectivity index (χ4v) is 3.54. The summed E-state index contributed by atoms with van der Waals surface area (Å²) in [6.07, 6.45) is 0.389. The lowest BCUT2D eigenvalue weighted by Gasteiger charge is -2.20. The Balaban J connectivity index is 1.88. The molecular weight excluding hydrogens is 430 g/mol. The molecule has 0 saturated heterocycles. The molecule has 0 aliphatic carbocycles. The Kier molecular flexibility index (Phi) is 6.40. The number of nitrogens with one attached hydrogen (secondary N) is 3. The van der Waals surface area contributed by atoms with E-state index in [1.54, 1.807) is 45.0 Å². The van der Waals surface area contributed by atoms with Gasteiger partial charge < -0.3 is 10.1 Å². The zero-order valence-corrected chi connectivity index (χ0v) is 19.0. The Hall–Kier alpha value is -3.59. The molecule has 0 heterocycles. The number of hydrogen-bond donors (Lipinski definition) is 3. The maximum Gasteiger partial charge on any atom is 0.412 e. The molecule has 168 valence electrons. The highest BCUT2D eigenvalue weighted by atomic mass is 32.2. The molecule has 3 aromatic rings. The van der Waals surface area contributed by atoms with Crippen molar-refractivity contribution < 1.29 is 22.7 Å². The van der Waals surface area contributed by atoms with E-state index >= 15 is 0 Å². The van der Waals surface area contributed by atoms with Gasteiger partial charge in [-0.05, 0) is 67.9 Å². The zero-order chi connectivity index (χ0) is 23.5. The van der Waals surface area contributed by atoms with Crippen LogP contribution in [0.15, 0.2) is 60.7 Å². The van der Waals surface area contributed by atoms with E-state index in [4.69, 9.17) is 4.74 Å². The van der Waals surface area contributed by atoms with Crippen molar-refractivity contribution in [2.24, 2.45) is 0 Å². The predicted molar refractivity (Wildman–Crippen MR) is 127 cm³/mol. The number of amides is 2. The van der Waals surface area contributed by atoms with Crippen molar-refractivity contribution in [2.75, 3.05) is 21.6 Å². The first-order valence-electron chi connectivity index (χ1n) is 9.82. The second-order valence-electron chi connectivity index (χ2n) is 8.28. The van der Waals surface area contributed by atoms with E-state index < -0.39 is 27.6 Å². The number of fused-ring (bicyclic) bond motifs is 1. The number of carbonyl (C=O) groups is 2. The van der Waals surface area contributed by atoms with E-state index in [2.05, 4.69) is 15.4 Å². The highest BCUT2D eigenvalue weighted by molar-refractivity contribution is 7.92. The average Bonchev–Trinajstić information content (AvgIpc) is 2.66. The molecule has 0 spiro atoms. The highest BCUT2D eigenvalue weighted by Crippen LogP contribution is 2.26. The predicted octanol–water partition coefficient (Wildman–Crippen LogP) is 4.81. The molecular formula is C23H25N3O5S. The van der Waals surface area contributed by atoms with Crippen molar-refractivity contribution in [1.29, 1.82) is 0 Å². The van der Waals surface area contributed by atoms with E-state index in [0.29, 0.717) is 17.1 Å². The van der Waals surface area contributed by atoms with Gasteiger partial charge in [0, 0.05) is 11.4 Å². The molecule has 2 amide bonds. The van der Waals surface area contributed by atoms with Crippen molar-refractivity contribution in [3.05, 3.63) is 66.2 Å². The molecule has 9 heteroatoms. The van der Waals surface area contributed by atoms with E-state index in [9.17, 15) is 18.0 Å². The lowest BCUT2D eigenvalue weighted by molar-refractivity contribution is 0.0636. The SMILES string of the molecule is CC(C)(C)OC(=O)Nc1cc2ccccc2cc1C(=O)Nc1ccc(NS(C)(=O)=O)cc1. The Morgan fingerprint density at radius 1 is 0.844 bits per heavy atom. The third-order valence-corrected chi connectivity index (χ3v) is 4.82. The Morgan fingerprint density at radius 3 is 1.97 bits per heavy atom. The van der Waals surface area contributed by atoms with Crippen molar-refractivity contribution in [1.82, 2.24) is 0 Å². The highest BCUT2D eigenvalue weighted by Gasteiger charge is 2.20. The summed E-state index contributed by atoms with van der Waals surface area (Å²) in [5.74, 6) is -0.439. The van der Waals surface area contributed by atoms with Gasteiger partial charge in [-0.25, -0.2) is 13.2 Å². The Labute approximate surface area is 187 Å². The van der Waals surface area contributed by atoms with Gasteiger partial charge in [0.05, 0.1) is 17.5 Å². The molecule has 8 nitrogen and oxygen atoms in total. The molecule has 3 aromatic carbocycles. The molecule has 0 bridgehead atoms. The van der Waals surface area contributed by atoms with Crippen LogP contribution in [0.4, 0.5) is 21.9 Å².